The van der Waals surface area contributed by atoms with Gasteiger partial charge in [-0.05, 0) is 31.0 Å². The largest absolute Gasteiger partial charge is 0.495 e. The highest BCUT2D eigenvalue weighted by Gasteiger charge is 2.16. The van der Waals surface area contributed by atoms with E-state index in [0.717, 1.165) is 22.5 Å². The Morgan fingerprint density at radius 3 is 2.70 bits per heavy atom. The van der Waals surface area contributed by atoms with Crippen molar-refractivity contribution in [2.45, 2.75) is 20.3 Å². The van der Waals surface area contributed by atoms with Crippen LogP contribution in [-0.2, 0) is 11.2 Å². The maximum atomic E-state index is 12.2. The summed E-state index contributed by atoms with van der Waals surface area (Å²) in [7, 11) is 1.52. The van der Waals surface area contributed by atoms with Crippen LogP contribution in [0.4, 0.5) is 5.69 Å². The zero-order chi connectivity index (χ0) is 16.8. The van der Waals surface area contributed by atoms with Gasteiger partial charge >= 0.3 is 0 Å². The lowest BCUT2D eigenvalue weighted by molar-refractivity contribution is -0.115. The van der Waals surface area contributed by atoms with Crippen LogP contribution in [0.25, 0.3) is 0 Å². The van der Waals surface area contributed by atoms with Crippen LogP contribution in [0.2, 0.25) is 0 Å². The molecule has 2 N–H and O–H groups in total. The molecule has 0 radical (unpaired) electrons. The summed E-state index contributed by atoms with van der Waals surface area (Å²) in [6.07, 6.45) is 0.828. The smallest absolute Gasteiger partial charge is 0.265 e. The number of para-hydroxylation sites is 1. The van der Waals surface area contributed by atoms with Gasteiger partial charge in [-0.1, -0.05) is 25.1 Å². The Balaban J connectivity index is 1.95. The zero-order valence-corrected chi connectivity index (χ0v) is 14.3. The van der Waals surface area contributed by atoms with Crippen molar-refractivity contribution in [2.24, 2.45) is 0 Å². The fourth-order valence-electron chi connectivity index (χ4n) is 2.19. The molecule has 0 saturated heterocycles. The Labute approximate surface area is 139 Å². The van der Waals surface area contributed by atoms with Gasteiger partial charge in [0, 0.05) is 10.6 Å². The minimum absolute atomic E-state index is 0.0863. The molecule has 23 heavy (non-hydrogen) atoms. The molecule has 0 spiro atoms. The van der Waals surface area contributed by atoms with Gasteiger partial charge in [0.05, 0.1) is 13.7 Å². The number of amides is 2. The first-order valence-corrected chi connectivity index (χ1v) is 8.17. The molecule has 0 aliphatic heterocycles. The minimum atomic E-state index is -0.307. The fourth-order valence-corrected chi connectivity index (χ4v) is 3.08. The van der Waals surface area contributed by atoms with E-state index in [9.17, 15) is 9.59 Å². The Hall–Kier alpha value is -2.34. The van der Waals surface area contributed by atoms with E-state index in [1.54, 1.807) is 6.07 Å². The maximum absolute atomic E-state index is 12.2. The number of carbonyl (C=O) groups is 2. The predicted octanol–water partition coefficient (Wildman–Crippen LogP) is 3.00. The molecule has 0 aliphatic carbocycles. The van der Waals surface area contributed by atoms with Crippen LogP contribution in [0.15, 0.2) is 30.3 Å². The van der Waals surface area contributed by atoms with Crippen molar-refractivity contribution in [3.63, 3.8) is 0 Å². The normalized spacial score (nSPS) is 10.2. The molecule has 2 aromatic rings. The SMILES string of the molecule is CCc1ccccc1NC(=O)CNC(=O)c1sc(C)cc1OC. The third-order valence-electron chi connectivity index (χ3n) is 3.33. The Kier molecular flexibility index (Phi) is 5.76. The first-order valence-electron chi connectivity index (χ1n) is 7.35. The van der Waals surface area contributed by atoms with Crippen LogP contribution in [0.1, 0.15) is 27.0 Å². The number of hydrogen-bond acceptors (Lipinski definition) is 4. The second kappa shape index (κ2) is 7.78. The number of ether oxygens (including phenoxy) is 1. The number of rotatable bonds is 6. The third-order valence-corrected chi connectivity index (χ3v) is 4.36. The van der Waals surface area contributed by atoms with E-state index in [0.29, 0.717) is 10.6 Å². The van der Waals surface area contributed by atoms with Crippen LogP contribution >= 0.6 is 11.3 Å². The lowest BCUT2D eigenvalue weighted by Crippen LogP contribution is -2.32. The quantitative estimate of drug-likeness (QED) is 0.854. The highest BCUT2D eigenvalue weighted by atomic mass is 32.1. The molecule has 5 nitrogen and oxygen atoms in total. The minimum Gasteiger partial charge on any atom is -0.495 e. The van der Waals surface area contributed by atoms with Crippen molar-refractivity contribution in [3.8, 4) is 5.75 Å². The highest BCUT2D eigenvalue weighted by molar-refractivity contribution is 7.14. The number of benzene rings is 1. The lowest BCUT2D eigenvalue weighted by atomic mass is 10.1. The summed E-state index contributed by atoms with van der Waals surface area (Å²) in [6, 6.07) is 9.42. The summed E-state index contributed by atoms with van der Waals surface area (Å²) in [5, 5.41) is 5.44. The van der Waals surface area contributed by atoms with E-state index < -0.39 is 0 Å². The topological polar surface area (TPSA) is 67.4 Å². The van der Waals surface area contributed by atoms with Gasteiger partial charge in [0.15, 0.2) is 0 Å². The molecule has 0 atom stereocenters. The number of hydrogen-bond donors (Lipinski definition) is 2. The second-order valence-electron chi connectivity index (χ2n) is 5.00. The summed E-state index contributed by atoms with van der Waals surface area (Å²) >= 11 is 1.34. The second-order valence-corrected chi connectivity index (χ2v) is 6.25. The number of methoxy groups -OCH3 is 1. The van der Waals surface area contributed by atoms with Crippen molar-refractivity contribution >= 4 is 28.8 Å². The average molecular weight is 332 g/mol. The molecule has 1 aromatic carbocycles. The highest BCUT2D eigenvalue weighted by Crippen LogP contribution is 2.28. The van der Waals surface area contributed by atoms with Gasteiger partial charge in [-0.15, -0.1) is 11.3 Å². The van der Waals surface area contributed by atoms with E-state index in [1.807, 2.05) is 38.1 Å². The van der Waals surface area contributed by atoms with Gasteiger partial charge in [0.1, 0.15) is 10.6 Å². The monoisotopic (exact) mass is 332 g/mol. The standard InChI is InChI=1S/C17H20N2O3S/c1-4-12-7-5-6-8-13(12)19-15(20)10-18-17(21)16-14(22-3)9-11(2)23-16/h5-9H,4,10H2,1-3H3,(H,18,21)(H,19,20). The molecule has 2 amide bonds. The molecule has 1 heterocycles. The summed E-state index contributed by atoms with van der Waals surface area (Å²) < 4.78 is 5.17. The van der Waals surface area contributed by atoms with Crippen molar-refractivity contribution < 1.29 is 14.3 Å². The van der Waals surface area contributed by atoms with Crippen molar-refractivity contribution in [3.05, 3.63) is 45.6 Å². The molecule has 0 saturated carbocycles. The number of anilines is 1. The number of carbonyl (C=O) groups excluding carboxylic acids is 2. The summed E-state index contributed by atoms with van der Waals surface area (Å²) in [5.74, 6) is -0.0351. The average Bonchev–Trinajstić information content (AvgIpc) is 2.94. The van der Waals surface area contributed by atoms with Gasteiger partial charge in [-0.25, -0.2) is 0 Å². The van der Waals surface area contributed by atoms with E-state index in [4.69, 9.17) is 4.74 Å². The lowest BCUT2D eigenvalue weighted by Gasteiger charge is -2.10. The maximum Gasteiger partial charge on any atom is 0.265 e. The van der Waals surface area contributed by atoms with Crippen molar-refractivity contribution in [1.82, 2.24) is 5.32 Å². The summed E-state index contributed by atoms with van der Waals surface area (Å²) in [5.41, 5.74) is 1.83. The molecule has 0 fully saturated rings. The number of aryl methyl sites for hydroxylation is 2. The number of nitrogens with one attached hydrogen (secondary N) is 2. The zero-order valence-electron chi connectivity index (χ0n) is 13.4. The fraction of sp³-hybridized carbons (Fsp3) is 0.294. The Morgan fingerprint density at radius 2 is 2.00 bits per heavy atom. The van der Waals surface area contributed by atoms with Crippen LogP contribution in [0.3, 0.4) is 0 Å². The van der Waals surface area contributed by atoms with Crippen molar-refractivity contribution in [1.29, 1.82) is 0 Å². The molecule has 0 bridgehead atoms. The van der Waals surface area contributed by atoms with Crippen LogP contribution in [0, 0.1) is 6.92 Å². The van der Waals surface area contributed by atoms with Crippen LogP contribution in [0.5, 0.6) is 5.75 Å². The molecule has 2 rings (SSSR count). The van der Waals surface area contributed by atoms with E-state index in [-0.39, 0.29) is 18.4 Å². The molecule has 122 valence electrons. The van der Waals surface area contributed by atoms with E-state index in [1.165, 1.54) is 18.4 Å². The van der Waals surface area contributed by atoms with Crippen LogP contribution < -0.4 is 15.4 Å². The van der Waals surface area contributed by atoms with Gasteiger partial charge in [0.2, 0.25) is 5.91 Å². The molecule has 1 aromatic heterocycles. The van der Waals surface area contributed by atoms with Crippen LogP contribution in [-0.4, -0.2) is 25.5 Å². The molecular formula is C17H20N2O3S. The Morgan fingerprint density at radius 1 is 1.26 bits per heavy atom. The Bertz CT molecular complexity index is 710. The van der Waals surface area contributed by atoms with Gasteiger partial charge < -0.3 is 15.4 Å². The van der Waals surface area contributed by atoms with E-state index >= 15 is 0 Å². The van der Waals surface area contributed by atoms with Gasteiger partial charge in [0.25, 0.3) is 5.91 Å². The first kappa shape index (κ1) is 17.0. The first-order chi connectivity index (χ1) is 11.0. The molecular weight excluding hydrogens is 312 g/mol. The summed E-state index contributed by atoms with van der Waals surface area (Å²) in [6.45, 7) is 3.84. The molecule has 0 unspecified atom stereocenters. The predicted molar refractivity (Wildman–Crippen MR) is 92.4 cm³/mol. The number of thiophene rings is 1. The van der Waals surface area contributed by atoms with E-state index in [2.05, 4.69) is 10.6 Å². The summed E-state index contributed by atoms with van der Waals surface area (Å²) in [4.78, 5) is 25.6. The van der Waals surface area contributed by atoms with Gasteiger partial charge in [-0.3, -0.25) is 9.59 Å². The molecule has 0 aliphatic rings. The van der Waals surface area contributed by atoms with Gasteiger partial charge in [-0.2, -0.15) is 0 Å². The third kappa shape index (κ3) is 4.32. The van der Waals surface area contributed by atoms with Crippen molar-refractivity contribution in [2.75, 3.05) is 19.0 Å². The molecule has 6 heteroatoms.